The molecule has 116 valence electrons. The van der Waals surface area contributed by atoms with E-state index in [-0.39, 0.29) is 6.61 Å². The summed E-state index contributed by atoms with van der Waals surface area (Å²) in [4.78, 5) is 26.1. The van der Waals surface area contributed by atoms with E-state index >= 15 is 0 Å². The van der Waals surface area contributed by atoms with Crippen LogP contribution in [0, 0.1) is 11.8 Å². The van der Waals surface area contributed by atoms with Crippen molar-refractivity contribution in [3.05, 3.63) is 65.5 Å². The zero-order valence-corrected chi connectivity index (χ0v) is 12.5. The van der Waals surface area contributed by atoms with Crippen molar-refractivity contribution in [3.8, 4) is 11.8 Å². The van der Waals surface area contributed by atoms with E-state index in [2.05, 4.69) is 22.1 Å². The Bertz CT molecular complexity index is 718. The average Bonchev–Trinajstić information content (AvgIpc) is 2.61. The van der Waals surface area contributed by atoms with Gasteiger partial charge in [-0.15, -0.1) is 0 Å². The second-order valence-corrected chi connectivity index (χ2v) is 4.61. The molecule has 0 saturated carbocycles. The highest BCUT2D eigenvalue weighted by Gasteiger charge is 2.00. The summed E-state index contributed by atoms with van der Waals surface area (Å²) >= 11 is 0. The Hall–Kier alpha value is -3.13. The van der Waals surface area contributed by atoms with Gasteiger partial charge in [-0.05, 0) is 23.6 Å². The van der Waals surface area contributed by atoms with Crippen LogP contribution in [-0.2, 0) is 11.3 Å². The van der Waals surface area contributed by atoms with Crippen LogP contribution in [0.2, 0.25) is 0 Å². The predicted octanol–water partition coefficient (Wildman–Crippen LogP) is 2.56. The zero-order valence-electron chi connectivity index (χ0n) is 12.5. The maximum absolute atomic E-state index is 11.5. The fraction of sp³-hybridized carbons (Fsp3) is 0.167. The topological polar surface area (TPSA) is 68.3 Å². The van der Waals surface area contributed by atoms with Crippen LogP contribution in [0.5, 0.6) is 0 Å². The van der Waals surface area contributed by atoms with Crippen molar-refractivity contribution in [1.29, 1.82) is 0 Å². The SMILES string of the molecule is O=Cc1cccc(C#CCCNC(=O)OCc2ccccc2)n1. The number of carbonyl (C=O) groups is 2. The number of alkyl carbamates (subject to hydrolysis) is 1. The van der Waals surface area contributed by atoms with Crippen molar-refractivity contribution in [2.24, 2.45) is 0 Å². The van der Waals surface area contributed by atoms with E-state index in [0.717, 1.165) is 5.56 Å². The molecule has 0 unspecified atom stereocenters. The first-order valence-electron chi connectivity index (χ1n) is 7.13. The summed E-state index contributed by atoms with van der Waals surface area (Å²) in [5.74, 6) is 5.72. The molecule has 1 N–H and O–H groups in total. The zero-order chi connectivity index (χ0) is 16.3. The van der Waals surface area contributed by atoms with E-state index < -0.39 is 6.09 Å². The van der Waals surface area contributed by atoms with Gasteiger partial charge in [-0.3, -0.25) is 4.79 Å². The Morgan fingerprint density at radius 2 is 2.00 bits per heavy atom. The number of aromatic nitrogens is 1. The fourth-order valence-electron chi connectivity index (χ4n) is 1.74. The molecule has 0 spiro atoms. The molecule has 0 aliphatic rings. The number of nitrogens with zero attached hydrogens (tertiary/aromatic N) is 1. The molecule has 0 aliphatic carbocycles. The number of aldehydes is 1. The molecule has 1 amide bonds. The third kappa shape index (κ3) is 6.02. The molecule has 0 aliphatic heterocycles. The number of ether oxygens (including phenoxy) is 1. The van der Waals surface area contributed by atoms with Gasteiger partial charge in [0.05, 0.1) is 0 Å². The molecule has 0 saturated heterocycles. The summed E-state index contributed by atoms with van der Waals surface area (Å²) in [6, 6.07) is 14.5. The molecular weight excluding hydrogens is 292 g/mol. The van der Waals surface area contributed by atoms with Gasteiger partial charge in [-0.1, -0.05) is 42.3 Å². The second kappa shape index (κ2) is 9.00. The van der Waals surface area contributed by atoms with E-state index in [1.165, 1.54) is 0 Å². The quantitative estimate of drug-likeness (QED) is 0.523. The molecule has 0 atom stereocenters. The first kappa shape index (κ1) is 16.2. The van der Waals surface area contributed by atoms with Crippen molar-refractivity contribution in [2.75, 3.05) is 6.54 Å². The highest BCUT2D eigenvalue weighted by atomic mass is 16.5. The molecule has 2 aromatic rings. The lowest BCUT2D eigenvalue weighted by Gasteiger charge is -2.05. The predicted molar refractivity (Wildman–Crippen MR) is 85.7 cm³/mol. The minimum Gasteiger partial charge on any atom is -0.445 e. The maximum Gasteiger partial charge on any atom is 0.407 e. The first-order valence-corrected chi connectivity index (χ1v) is 7.13. The van der Waals surface area contributed by atoms with Crippen LogP contribution < -0.4 is 5.32 Å². The summed E-state index contributed by atoms with van der Waals surface area (Å²) in [7, 11) is 0. The number of rotatable bonds is 5. The smallest absolute Gasteiger partial charge is 0.407 e. The Morgan fingerprint density at radius 3 is 2.78 bits per heavy atom. The number of benzene rings is 1. The number of amides is 1. The van der Waals surface area contributed by atoms with Crippen molar-refractivity contribution in [1.82, 2.24) is 10.3 Å². The van der Waals surface area contributed by atoms with Gasteiger partial charge in [0.1, 0.15) is 18.0 Å². The normalized spacial score (nSPS) is 9.39. The van der Waals surface area contributed by atoms with E-state index in [1.807, 2.05) is 30.3 Å². The van der Waals surface area contributed by atoms with Gasteiger partial charge in [-0.25, -0.2) is 9.78 Å². The first-order chi connectivity index (χ1) is 11.3. The van der Waals surface area contributed by atoms with E-state index in [0.29, 0.717) is 30.6 Å². The van der Waals surface area contributed by atoms with E-state index in [4.69, 9.17) is 4.74 Å². The van der Waals surface area contributed by atoms with E-state index in [9.17, 15) is 9.59 Å². The lowest BCUT2D eigenvalue weighted by Crippen LogP contribution is -2.24. The summed E-state index contributed by atoms with van der Waals surface area (Å²) in [6.45, 7) is 0.620. The fourth-order valence-corrected chi connectivity index (χ4v) is 1.74. The van der Waals surface area contributed by atoms with Crippen LogP contribution in [0.1, 0.15) is 28.2 Å². The number of hydrogen-bond donors (Lipinski definition) is 1. The molecule has 5 nitrogen and oxygen atoms in total. The summed E-state index contributed by atoms with van der Waals surface area (Å²) in [6.07, 6.45) is 0.667. The van der Waals surface area contributed by atoms with Gasteiger partial charge in [0.25, 0.3) is 0 Å². The average molecular weight is 308 g/mol. The number of hydrogen-bond acceptors (Lipinski definition) is 4. The van der Waals surface area contributed by atoms with Gasteiger partial charge in [0, 0.05) is 13.0 Å². The monoisotopic (exact) mass is 308 g/mol. The molecule has 1 aromatic heterocycles. The third-order valence-electron chi connectivity index (χ3n) is 2.84. The number of carbonyl (C=O) groups excluding carboxylic acids is 2. The van der Waals surface area contributed by atoms with Gasteiger partial charge < -0.3 is 10.1 Å². The van der Waals surface area contributed by atoms with Crippen LogP contribution in [-0.4, -0.2) is 23.9 Å². The molecule has 2 rings (SSSR count). The highest BCUT2D eigenvalue weighted by molar-refractivity contribution is 5.71. The molecule has 0 radical (unpaired) electrons. The van der Waals surface area contributed by atoms with Crippen LogP contribution in [0.3, 0.4) is 0 Å². The van der Waals surface area contributed by atoms with E-state index in [1.54, 1.807) is 18.2 Å². The van der Waals surface area contributed by atoms with Gasteiger partial charge >= 0.3 is 6.09 Å². The number of nitrogens with one attached hydrogen (secondary N) is 1. The molecule has 23 heavy (non-hydrogen) atoms. The summed E-state index contributed by atoms with van der Waals surface area (Å²) < 4.78 is 5.07. The molecule has 5 heteroatoms. The minimum atomic E-state index is -0.475. The molecule has 0 bridgehead atoms. The Balaban J connectivity index is 1.68. The standard InChI is InChI=1S/C18H16N2O3/c21-13-17-11-6-10-16(20-17)9-4-5-12-19-18(22)23-14-15-7-2-1-3-8-15/h1-3,6-8,10-11,13H,5,12,14H2,(H,19,22). The Labute approximate surface area is 134 Å². The minimum absolute atomic E-state index is 0.237. The second-order valence-electron chi connectivity index (χ2n) is 4.61. The van der Waals surface area contributed by atoms with Crippen molar-refractivity contribution in [2.45, 2.75) is 13.0 Å². The van der Waals surface area contributed by atoms with Gasteiger partial charge in [0.2, 0.25) is 0 Å². The van der Waals surface area contributed by atoms with Crippen LogP contribution in [0.25, 0.3) is 0 Å². The third-order valence-corrected chi connectivity index (χ3v) is 2.84. The van der Waals surface area contributed by atoms with Crippen molar-refractivity contribution >= 4 is 12.4 Å². The van der Waals surface area contributed by atoms with Crippen molar-refractivity contribution in [3.63, 3.8) is 0 Å². The molecule has 1 aromatic carbocycles. The van der Waals surface area contributed by atoms with Crippen LogP contribution >= 0.6 is 0 Å². The highest BCUT2D eigenvalue weighted by Crippen LogP contribution is 2.00. The maximum atomic E-state index is 11.5. The molecule has 0 fully saturated rings. The lowest BCUT2D eigenvalue weighted by atomic mass is 10.2. The van der Waals surface area contributed by atoms with Gasteiger partial charge in [-0.2, -0.15) is 0 Å². The number of pyridine rings is 1. The largest absolute Gasteiger partial charge is 0.445 e. The Morgan fingerprint density at radius 1 is 1.17 bits per heavy atom. The molecular formula is C18H16N2O3. The van der Waals surface area contributed by atoms with Crippen LogP contribution in [0.15, 0.2) is 48.5 Å². The van der Waals surface area contributed by atoms with Crippen molar-refractivity contribution < 1.29 is 14.3 Å². The summed E-state index contributed by atoms with van der Waals surface area (Å²) in [5.41, 5.74) is 1.81. The van der Waals surface area contributed by atoms with Crippen LogP contribution in [0.4, 0.5) is 4.79 Å². The lowest BCUT2D eigenvalue weighted by molar-refractivity contribution is 0.111. The van der Waals surface area contributed by atoms with Gasteiger partial charge in [0.15, 0.2) is 6.29 Å². The Kier molecular flexibility index (Phi) is 6.36. The molecule has 1 heterocycles. The summed E-state index contributed by atoms with van der Waals surface area (Å²) in [5, 5.41) is 2.62.